The summed E-state index contributed by atoms with van der Waals surface area (Å²) in [7, 11) is 0. The number of likely N-dealkylation sites (tertiary alicyclic amines) is 1. The zero-order valence-electron chi connectivity index (χ0n) is 16.0. The normalized spacial score (nSPS) is 14.6. The van der Waals surface area contributed by atoms with E-state index in [-0.39, 0.29) is 6.10 Å². The van der Waals surface area contributed by atoms with E-state index < -0.39 is 6.09 Å². The zero-order chi connectivity index (χ0) is 20.2. The molecule has 3 heterocycles. The van der Waals surface area contributed by atoms with Crippen LogP contribution >= 0.6 is 0 Å². The highest BCUT2D eigenvalue weighted by Crippen LogP contribution is 2.23. The Morgan fingerprint density at radius 2 is 1.93 bits per heavy atom. The highest BCUT2D eigenvalue weighted by atomic mass is 16.5. The molecule has 9 heteroatoms. The third-order valence-electron chi connectivity index (χ3n) is 4.84. The van der Waals surface area contributed by atoms with Crippen molar-refractivity contribution in [1.82, 2.24) is 25.1 Å². The van der Waals surface area contributed by atoms with Crippen LogP contribution in [0.2, 0.25) is 0 Å². The van der Waals surface area contributed by atoms with E-state index in [0.717, 1.165) is 11.3 Å². The number of carboxylic acid groups (broad SMARTS) is 1. The van der Waals surface area contributed by atoms with Crippen LogP contribution in [0.5, 0.6) is 5.88 Å². The summed E-state index contributed by atoms with van der Waals surface area (Å²) in [6.45, 7) is 2.98. The Balaban J connectivity index is 1.38. The van der Waals surface area contributed by atoms with E-state index >= 15 is 0 Å². The molecule has 0 radical (unpaired) electrons. The summed E-state index contributed by atoms with van der Waals surface area (Å²) in [5, 5.41) is 19.5. The smallest absolute Gasteiger partial charge is 0.407 e. The predicted molar refractivity (Wildman–Crippen MR) is 107 cm³/mol. The van der Waals surface area contributed by atoms with Crippen LogP contribution in [0.25, 0.3) is 11.3 Å². The molecule has 1 saturated heterocycles. The first-order chi connectivity index (χ1) is 14.1. The Hall–Kier alpha value is -3.62. The van der Waals surface area contributed by atoms with Gasteiger partial charge in [-0.2, -0.15) is 5.10 Å². The van der Waals surface area contributed by atoms with Gasteiger partial charge in [0.25, 0.3) is 0 Å². The molecule has 29 heavy (non-hydrogen) atoms. The molecule has 2 aromatic heterocycles. The molecule has 3 aromatic rings. The minimum atomic E-state index is -0.888. The summed E-state index contributed by atoms with van der Waals surface area (Å²) < 4.78 is 5.91. The Kier molecular flexibility index (Phi) is 5.28. The van der Waals surface area contributed by atoms with Gasteiger partial charge in [0, 0.05) is 38.1 Å². The van der Waals surface area contributed by atoms with Crippen molar-refractivity contribution in [3.05, 3.63) is 48.3 Å². The second-order valence-electron chi connectivity index (χ2n) is 6.99. The molecule has 4 rings (SSSR count). The number of aromatic amines is 1. The number of ether oxygens (including phenoxy) is 1. The molecule has 9 nitrogen and oxygen atoms in total. The third kappa shape index (κ3) is 4.63. The number of carbonyl (C=O) groups is 1. The van der Waals surface area contributed by atoms with Gasteiger partial charge in [-0.3, -0.25) is 5.10 Å². The van der Waals surface area contributed by atoms with Gasteiger partial charge in [0.1, 0.15) is 18.2 Å². The number of nitrogens with zero attached hydrogens (tertiary/aromatic N) is 4. The molecule has 0 bridgehead atoms. The van der Waals surface area contributed by atoms with E-state index in [1.54, 1.807) is 6.07 Å². The van der Waals surface area contributed by atoms with E-state index in [1.165, 1.54) is 16.8 Å². The predicted octanol–water partition coefficient (Wildman–Crippen LogP) is 3.44. The van der Waals surface area contributed by atoms with Crippen LogP contribution in [-0.2, 0) is 0 Å². The fourth-order valence-corrected chi connectivity index (χ4v) is 3.21. The Morgan fingerprint density at radius 1 is 1.17 bits per heavy atom. The van der Waals surface area contributed by atoms with Crippen molar-refractivity contribution >= 4 is 17.7 Å². The first-order valence-electron chi connectivity index (χ1n) is 9.43. The van der Waals surface area contributed by atoms with Crippen LogP contribution < -0.4 is 10.1 Å². The average molecular weight is 394 g/mol. The number of rotatable bonds is 5. The van der Waals surface area contributed by atoms with Crippen molar-refractivity contribution in [2.75, 3.05) is 18.4 Å². The number of H-pyrrole nitrogens is 1. The molecule has 1 fully saturated rings. The minimum Gasteiger partial charge on any atom is -0.474 e. The number of anilines is 2. The van der Waals surface area contributed by atoms with Gasteiger partial charge in [-0.25, -0.2) is 14.8 Å². The summed E-state index contributed by atoms with van der Waals surface area (Å²) in [5.41, 5.74) is 3.16. The number of benzene rings is 1. The molecule has 3 N–H and O–H groups in total. The van der Waals surface area contributed by atoms with Crippen LogP contribution in [0.15, 0.2) is 42.7 Å². The van der Waals surface area contributed by atoms with Crippen molar-refractivity contribution in [3.8, 4) is 17.1 Å². The van der Waals surface area contributed by atoms with Crippen molar-refractivity contribution in [2.45, 2.75) is 25.9 Å². The third-order valence-corrected chi connectivity index (χ3v) is 4.84. The summed E-state index contributed by atoms with van der Waals surface area (Å²) >= 11 is 0. The second kappa shape index (κ2) is 8.17. The summed E-state index contributed by atoms with van der Waals surface area (Å²) in [6.07, 6.45) is 1.75. The van der Waals surface area contributed by atoms with Crippen LogP contribution in [0, 0.1) is 6.92 Å². The van der Waals surface area contributed by atoms with Crippen molar-refractivity contribution in [1.29, 1.82) is 0 Å². The number of hydrogen-bond acceptors (Lipinski definition) is 6. The van der Waals surface area contributed by atoms with E-state index in [0.29, 0.717) is 43.4 Å². The molecule has 1 aromatic carbocycles. The van der Waals surface area contributed by atoms with Gasteiger partial charge in [-0.1, -0.05) is 29.8 Å². The first-order valence-corrected chi connectivity index (χ1v) is 9.43. The zero-order valence-corrected chi connectivity index (χ0v) is 16.0. The molecule has 0 atom stereocenters. The van der Waals surface area contributed by atoms with E-state index in [9.17, 15) is 4.79 Å². The van der Waals surface area contributed by atoms with Crippen molar-refractivity contribution in [3.63, 3.8) is 0 Å². The SMILES string of the molecule is Cc1ccc(-c2cc(Nc3cc(OC4CCN(C(=O)O)CC4)ncn3)n[nH]2)cc1. The van der Waals surface area contributed by atoms with Gasteiger partial charge in [0.05, 0.1) is 5.69 Å². The molecule has 0 spiro atoms. The van der Waals surface area contributed by atoms with Crippen LogP contribution in [0.3, 0.4) is 0 Å². The van der Waals surface area contributed by atoms with Gasteiger partial charge in [0.2, 0.25) is 5.88 Å². The lowest BCUT2D eigenvalue weighted by Gasteiger charge is -2.29. The maximum Gasteiger partial charge on any atom is 0.407 e. The maximum absolute atomic E-state index is 11.0. The minimum absolute atomic E-state index is 0.0631. The number of aromatic nitrogens is 4. The highest BCUT2D eigenvalue weighted by molar-refractivity contribution is 5.65. The van der Waals surface area contributed by atoms with E-state index in [2.05, 4.69) is 37.6 Å². The van der Waals surface area contributed by atoms with Gasteiger partial charge < -0.3 is 20.1 Å². The number of aryl methyl sites for hydroxylation is 1. The van der Waals surface area contributed by atoms with Crippen molar-refractivity contribution < 1.29 is 14.6 Å². The molecule has 0 unspecified atom stereocenters. The van der Waals surface area contributed by atoms with Gasteiger partial charge in [-0.05, 0) is 12.5 Å². The molecule has 150 valence electrons. The average Bonchev–Trinajstić information content (AvgIpc) is 3.17. The quantitative estimate of drug-likeness (QED) is 0.607. The second-order valence-corrected chi connectivity index (χ2v) is 6.99. The Bertz CT molecular complexity index is 980. The lowest BCUT2D eigenvalue weighted by Crippen LogP contribution is -2.41. The fourth-order valence-electron chi connectivity index (χ4n) is 3.21. The van der Waals surface area contributed by atoms with E-state index in [1.807, 2.05) is 25.1 Å². The lowest BCUT2D eigenvalue weighted by atomic mass is 10.1. The molecule has 1 amide bonds. The maximum atomic E-state index is 11.0. The fraction of sp³-hybridized carbons (Fsp3) is 0.300. The molecular formula is C20H22N6O3. The Morgan fingerprint density at radius 3 is 2.66 bits per heavy atom. The van der Waals surface area contributed by atoms with Gasteiger partial charge >= 0.3 is 6.09 Å². The van der Waals surface area contributed by atoms with Crippen molar-refractivity contribution in [2.24, 2.45) is 0 Å². The number of amides is 1. The lowest BCUT2D eigenvalue weighted by molar-refractivity contribution is 0.0870. The van der Waals surface area contributed by atoms with E-state index in [4.69, 9.17) is 9.84 Å². The summed E-state index contributed by atoms with van der Waals surface area (Å²) in [4.78, 5) is 20.8. The summed E-state index contributed by atoms with van der Waals surface area (Å²) in [5.74, 6) is 1.66. The molecular weight excluding hydrogens is 372 g/mol. The monoisotopic (exact) mass is 394 g/mol. The number of piperidine rings is 1. The molecule has 1 aliphatic rings. The van der Waals surface area contributed by atoms with Crippen LogP contribution in [0.1, 0.15) is 18.4 Å². The highest BCUT2D eigenvalue weighted by Gasteiger charge is 2.23. The van der Waals surface area contributed by atoms with Crippen LogP contribution in [0.4, 0.5) is 16.4 Å². The number of nitrogens with one attached hydrogen (secondary N) is 2. The summed E-state index contributed by atoms with van der Waals surface area (Å²) in [6, 6.07) is 11.8. The standard InChI is InChI=1S/C20H22N6O3/c1-13-2-4-14(5-3-13)16-10-18(25-24-16)23-17-11-19(22-12-21-17)29-15-6-8-26(9-7-15)20(27)28/h2-5,10-12,15H,6-9H2,1H3,(H,27,28)(H2,21,22,23,24,25). The van der Waals surface area contributed by atoms with Gasteiger partial charge in [-0.15, -0.1) is 0 Å². The number of hydrogen-bond donors (Lipinski definition) is 3. The van der Waals surface area contributed by atoms with Gasteiger partial charge in [0.15, 0.2) is 5.82 Å². The topological polar surface area (TPSA) is 116 Å². The first kappa shape index (κ1) is 18.7. The largest absolute Gasteiger partial charge is 0.474 e. The van der Waals surface area contributed by atoms with Crippen LogP contribution in [-0.4, -0.2) is 55.5 Å². The Labute approximate surface area is 167 Å². The molecule has 0 aliphatic carbocycles. The molecule has 0 saturated carbocycles. The molecule has 1 aliphatic heterocycles.